The first-order chi connectivity index (χ1) is 8.30. The van der Waals surface area contributed by atoms with E-state index in [0.29, 0.717) is 12.5 Å². The molecule has 1 aliphatic carbocycles. The molecule has 0 aromatic rings. The first-order valence-corrected chi connectivity index (χ1v) is 6.28. The summed E-state index contributed by atoms with van der Waals surface area (Å²) in [5.41, 5.74) is 0. The number of rotatable bonds is 5. The highest BCUT2D eigenvalue weighted by molar-refractivity contribution is 5.71. The Morgan fingerprint density at radius 3 is 2.33 bits per heavy atom. The van der Waals surface area contributed by atoms with Crippen LogP contribution in [-0.2, 0) is 4.79 Å². The Labute approximate surface area is 105 Å². The van der Waals surface area contributed by atoms with Gasteiger partial charge in [0.1, 0.15) is 0 Å². The zero-order chi connectivity index (χ0) is 13.8. The maximum atomic E-state index is 12.5. The van der Waals surface area contributed by atoms with E-state index in [1.807, 2.05) is 0 Å². The van der Waals surface area contributed by atoms with Gasteiger partial charge in [-0.25, -0.2) is 0 Å². The van der Waals surface area contributed by atoms with Gasteiger partial charge in [0, 0.05) is 13.1 Å². The van der Waals surface area contributed by atoms with Crippen molar-refractivity contribution in [1.29, 1.82) is 0 Å². The number of carboxylic acid groups (broad SMARTS) is 1. The smallest absolute Gasteiger partial charge is 0.403 e. The fourth-order valence-electron chi connectivity index (χ4n) is 2.52. The number of carbonyl (C=O) groups is 1. The lowest BCUT2D eigenvalue weighted by Gasteiger charge is -2.29. The molecule has 0 saturated heterocycles. The molecule has 0 bridgehead atoms. The number of hydrogen-bond donors (Lipinski definition) is 1. The first kappa shape index (κ1) is 15.3. The average Bonchev–Trinajstić information content (AvgIpc) is 2.25. The summed E-state index contributed by atoms with van der Waals surface area (Å²) in [5.74, 6) is -3.67. The number of halogens is 3. The molecule has 18 heavy (non-hydrogen) atoms. The van der Waals surface area contributed by atoms with Gasteiger partial charge in [-0.15, -0.1) is 0 Å². The second-order valence-electron chi connectivity index (χ2n) is 5.16. The molecular weight excluding hydrogens is 247 g/mol. The second-order valence-corrected chi connectivity index (χ2v) is 5.16. The van der Waals surface area contributed by atoms with Crippen molar-refractivity contribution in [2.45, 2.75) is 38.3 Å². The largest absolute Gasteiger partial charge is 0.481 e. The summed E-state index contributed by atoms with van der Waals surface area (Å²) >= 11 is 0. The Hall–Kier alpha value is -0.780. The molecule has 0 aliphatic heterocycles. The number of alkyl halides is 3. The molecular formula is C12H20F3NO2. The normalized spacial score (nSPS) is 20.1. The van der Waals surface area contributed by atoms with Crippen molar-refractivity contribution >= 4 is 5.97 Å². The van der Waals surface area contributed by atoms with Gasteiger partial charge in [0.2, 0.25) is 0 Å². The van der Waals surface area contributed by atoms with Crippen molar-refractivity contribution in [1.82, 2.24) is 4.90 Å². The van der Waals surface area contributed by atoms with E-state index >= 15 is 0 Å². The highest BCUT2D eigenvalue weighted by Crippen LogP contribution is 2.28. The molecule has 1 saturated carbocycles. The third kappa shape index (κ3) is 4.84. The van der Waals surface area contributed by atoms with Crippen LogP contribution in [0.3, 0.4) is 0 Å². The van der Waals surface area contributed by atoms with E-state index in [1.165, 1.54) is 11.3 Å². The lowest BCUT2D eigenvalue weighted by atomic mass is 9.89. The van der Waals surface area contributed by atoms with Crippen LogP contribution in [0.2, 0.25) is 0 Å². The topological polar surface area (TPSA) is 40.5 Å². The maximum absolute atomic E-state index is 12.5. The molecule has 0 heterocycles. The Balaban J connectivity index is 2.45. The first-order valence-electron chi connectivity index (χ1n) is 6.28. The summed E-state index contributed by atoms with van der Waals surface area (Å²) < 4.78 is 37.5. The standard InChI is InChI=1S/C12H20F3NO2/c1-16(7-9-5-3-2-4-6-9)8-10(11(17)18)12(13,14)15/h9-10H,2-8H2,1H3,(H,17,18). The Morgan fingerprint density at radius 1 is 1.33 bits per heavy atom. The molecule has 1 N–H and O–H groups in total. The fourth-order valence-corrected chi connectivity index (χ4v) is 2.52. The van der Waals surface area contributed by atoms with Crippen molar-refractivity contribution in [3.8, 4) is 0 Å². The van der Waals surface area contributed by atoms with E-state index in [-0.39, 0.29) is 0 Å². The summed E-state index contributed by atoms with van der Waals surface area (Å²) in [6.07, 6.45) is 0.843. The summed E-state index contributed by atoms with van der Waals surface area (Å²) in [5, 5.41) is 8.62. The van der Waals surface area contributed by atoms with Crippen LogP contribution in [0.25, 0.3) is 0 Å². The van der Waals surface area contributed by atoms with Crippen LogP contribution in [0.1, 0.15) is 32.1 Å². The van der Waals surface area contributed by atoms with Gasteiger partial charge >= 0.3 is 12.1 Å². The van der Waals surface area contributed by atoms with E-state index in [4.69, 9.17) is 5.11 Å². The zero-order valence-corrected chi connectivity index (χ0v) is 10.5. The Kier molecular flexibility index (Phi) is 5.44. The predicted octanol–water partition coefficient (Wildman–Crippen LogP) is 2.76. The van der Waals surface area contributed by atoms with Gasteiger partial charge in [0.05, 0.1) is 0 Å². The molecule has 3 nitrogen and oxygen atoms in total. The van der Waals surface area contributed by atoms with Gasteiger partial charge in [0.25, 0.3) is 0 Å². The van der Waals surface area contributed by atoms with Crippen molar-refractivity contribution < 1.29 is 23.1 Å². The van der Waals surface area contributed by atoms with Crippen LogP contribution in [0.4, 0.5) is 13.2 Å². The molecule has 1 aliphatic rings. The van der Waals surface area contributed by atoms with Gasteiger partial charge in [-0.3, -0.25) is 4.79 Å². The van der Waals surface area contributed by atoms with Crippen molar-refractivity contribution in [2.24, 2.45) is 11.8 Å². The highest BCUT2D eigenvalue weighted by Gasteiger charge is 2.45. The molecule has 0 aromatic carbocycles. The molecule has 1 atom stereocenters. The van der Waals surface area contributed by atoms with Gasteiger partial charge in [-0.05, 0) is 25.8 Å². The molecule has 1 unspecified atom stereocenters. The van der Waals surface area contributed by atoms with Gasteiger partial charge in [0.15, 0.2) is 5.92 Å². The van der Waals surface area contributed by atoms with E-state index in [2.05, 4.69) is 0 Å². The molecule has 0 spiro atoms. The fraction of sp³-hybridized carbons (Fsp3) is 0.917. The van der Waals surface area contributed by atoms with Crippen LogP contribution in [-0.4, -0.2) is 42.3 Å². The third-order valence-electron chi connectivity index (χ3n) is 3.48. The van der Waals surface area contributed by atoms with Crippen LogP contribution in [0.5, 0.6) is 0 Å². The van der Waals surface area contributed by atoms with E-state index < -0.39 is 24.6 Å². The quantitative estimate of drug-likeness (QED) is 0.832. The molecule has 0 radical (unpaired) electrons. The monoisotopic (exact) mass is 267 g/mol. The SMILES string of the molecule is CN(CC1CCCCC1)CC(C(=O)O)C(F)(F)F. The summed E-state index contributed by atoms with van der Waals surface area (Å²) in [7, 11) is 1.57. The van der Waals surface area contributed by atoms with Crippen molar-refractivity contribution in [3.05, 3.63) is 0 Å². The molecule has 1 rings (SSSR count). The zero-order valence-electron chi connectivity index (χ0n) is 10.5. The van der Waals surface area contributed by atoms with Crippen LogP contribution < -0.4 is 0 Å². The van der Waals surface area contributed by atoms with E-state index in [0.717, 1.165) is 25.7 Å². The third-order valence-corrected chi connectivity index (χ3v) is 3.48. The lowest BCUT2D eigenvalue weighted by molar-refractivity contribution is -0.196. The number of carboxylic acids is 1. The minimum Gasteiger partial charge on any atom is -0.481 e. The minimum atomic E-state index is -4.67. The highest BCUT2D eigenvalue weighted by atomic mass is 19.4. The minimum absolute atomic E-state index is 0.409. The Bertz CT molecular complexity index is 275. The van der Waals surface area contributed by atoms with Gasteiger partial charge in [-0.1, -0.05) is 19.3 Å². The molecule has 6 heteroatoms. The second kappa shape index (κ2) is 6.41. The summed E-state index contributed by atoms with van der Waals surface area (Å²) in [6.45, 7) is 0.0925. The number of nitrogens with zero attached hydrogens (tertiary/aromatic N) is 1. The Morgan fingerprint density at radius 2 is 1.89 bits per heavy atom. The van der Waals surface area contributed by atoms with Crippen molar-refractivity contribution in [3.63, 3.8) is 0 Å². The molecule has 0 aromatic heterocycles. The number of aliphatic carboxylic acids is 1. The molecule has 106 valence electrons. The maximum Gasteiger partial charge on any atom is 0.403 e. The summed E-state index contributed by atoms with van der Waals surface area (Å²) in [4.78, 5) is 12.1. The molecule has 0 amide bonds. The van der Waals surface area contributed by atoms with Crippen LogP contribution in [0.15, 0.2) is 0 Å². The van der Waals surface area contributed by atoms with Crippen LogP contribution in [0, 0.1) is 11.8 Å². The predicted molar refractivity (Wildman–Crippen MR) is 61.3 cm³/mol. The van der Waals surface area contributed by atoms with E-state index in [9.17, 15) is 18.0 Å². The van der Waals surface area contributed by atoms with Crippen LogP contribution >= 0.6 is 0 Å². The van der Waals surface area contributed by atoms with Crippen molar-refractivity contribution in [2.75, 3.05) is 20.1 Å². The van der Waals surface area contributed by atoms with E-state index in [1.54, 1.807) is 7.05 Å². The average molecular weight is 267 g/mol. The number of hydrogen-bond acceptors (Lipinski definition) is 2. The van der Waals surface area contributed by atoms with Gasteiger partial charge < -0.3 is 10.0 Å². The lowest BCUT2D eigenvalue weighted by Crippen LogP contribution is -2.41. The van der Waals surface area contributed by atoms with Gasteiger partial charge in [-0.2, -0.15) is 13.2 Å². The summed E-state index contributed by atoms with van der Waals surface area (Å²) in [6, 6.07) is 0. The molecule has 1 fully saturated rings.